The highest BCUT2D eigenvalue weighted by atomic mass is 32.1. The zero-order valence-electron chi connectivity index (χ0n) is 11.6. The van der Waals surface area contributed by atoms with E-state index in [-0.39, 0.29) is 18.0 Å². The number of hydrogen-bond acceptors (Lipinski definition) is 4. The fourth-order valence-electron chi connectivity index (χ4n) is 1.95. The number of amides is 1. The van der Waals surface area contributed by atoms with E-state index in [0.29, 0.717) is 0 Å². The van der Waals surface area contributed by atoms with Gasteiger partial charge in [0.1, 0.15) is 5.01 Å². The highest BCUT2D eigenvalue weighted by molar-refractivity contribution is 7.09. The minimum Gasteiger partial charge on any atom is -0.342 e. The Kier molecular flexibility index (Phi) is 6.29. The van der Waals surface area contributed by atoms with Gasteiger partial charge in [0.2, 0.25) is 5.91 Å². The first kappa shape index (κ1) is 15.1. The van der Waals surface area contributed by atoms with Crippen molar-refractivity contribution in [2.24, 2.45) is 0 Å². The lowest BCUT2D eigenvalue weighted by atomic mass is 10.2. The summed E-state index contributed by atoms with van der Waals surface area (Å²) in [7, 11) is 0. The second-order valence-electron chi connectivity index (χ2n) is 4.23. The van der Waals surface area contributed by atoms with Crippen LogP contribution in [0.5, 0.6) is 0 Å². The monoisotopic (exact) mass is 269 g/mol. The van der Waals surface area contributed by atoms with Crippen LogP contribution in [0.15, 0.2) is 11.6 Å². The number of thiazole rings is 1. The molecular weight excluding hydrogens is 246 g/mol. The summed E-state index contributed by atoms with van der Waals surface area (Å²) in [6.45, 7) is 9.56. The molecular formula is C13H23N3OS. The summed E-state index contributed by atoms with van der Waals surface area (Å²) in [4.78, 5) is 18.3. The van der Waals surface area contributed by atoms with Gasteiger partial charge in [0.15, 0.2) is 0 Å². The molecule has 102 valence electrons. The molecule has 0 saturated heterocycles. The SMILES string of the molecule is CCC(NC(C)C(=O)N(CC)CC)c1nccs1. The van der Waals surface area contributed by atoms with Crippen molar-refractivity contribution in [2.75, 3.05) is 13.1 Å². The first-order chi connectivity index (χ1) is 8.63. The van der Waals surface area contributed by atoms with Crippen molar-refractivity contribution in [1.82, 2.24) is 15.2 Å². The summed E-state index contributed by atoms with van der Waals surface area (Å²) in [5.74, 6) is 0.162. The van der Waals surface area contributed by atoms with Crippen LogP contribution in [0.25, 0.3) is 0 Å². The van der Waals surface area contributed by atoms with Crippen LogP contribution in [-0.2, 0) is 4.79 Å². The van der Waals surface area contributed by atoms with E-state index in [1.54, 1.807) is 17.5 Å². The van der Waals surface area contributed by atoms with Crippen molar-refractivity contribution in [1.29, 1.82) is 0 Å². The molecule has 1 N–H and O–H groups in total. The van der Waals surface area contributed by atoms with E-state index < -0.39 is 0 Å². The lowest BCUT2D eigenvalue weighted by Crippen LogP contribution is -2.45. The van der Waals surface area contributed by atoms with Crippen molar-refractivity contribution in [3.05, 3.63) is 16.6 Å². The van der Waals surface area contributed by atoms with Gasteiger partial charge in [0.25, 0.3) is 0 Å². The van der Waals surface area contributed by atoms with Crippen LogP contribution in [-0.4, -0.2) is 34.9 Å². The van der Waals surface area contributed by atoms with E-state index in [9.17, 15) is 4.79 Å². The topological polar surface area (TPSA) is 45.2 Å². The Morgan fingerprint density at radius 3 is 2.56 bits per heavy atom. The van der Waals surface area contributed by atoms with Gasteiger partial charge in [-0.1, -0.05) is 6.92 Å². The molecule has 4 nitrogen and oxygen atoms in total. The molecule has 0 aliphatic rings. The largest absolute Gasteiger partial charge is 0.342 e. The van der Waals surface area contributed by atoms with Crippen LogP contribution < -0.4 is 5.32 Å². The summed E-state index contributed by atoms with van der Waals surface area (Å²) in [5.41, 5.74) is 0. The molecule has 0 spiro atoms. The van der Waals surface area contributed by atoms with Crippen molar-refractivity contribution < 1.29 is 4.79 Å². The molecule has 0 bridgehead atoms. The Bertz CT molecular complexity index is 349. The summed E-state index contributed by atoms with van der Waals surface area (Å²) < 4.78 is 0. The maximum absolute atomic E-state index is 12.2. The molecule has 0 aliphatic heterocycles. The lowest BCUT2D eigenvalue weighted by molar-refractivity contribution is -0.132. The molecule has 2 atom stereocenters. The standard InChI is InChI=1S/C13H23N3OS/c1-5-11(12-14-8-9-18-12)15-10(4)13(17)16(6-2)7-3/h8-11,15H,5-7H2,1-4H3. The average molecular weight is 269 g/mol. The van der Waals surface area contributed by atoms with E-state index in [0.717, 1.165) is 24.5 Å². The van der Waals surface area contributed by atoms with Crippen molar-refractivity contribution in [3.8, 4) is 0 Å². The molecule has 0 fully saturated rings. The zero-order valence-corrected chi connectivity index (χ0v) is 12.5. The molecule has 0 aliphatic carbocycles. The van der Waals surface area contributed by atoms with E-state index in [4.69, 9.17) is 0 Å². The second-order valence-corrected chi connectivity index (χ2v) is 5.16. The Morgan fingerprint density at radius 1 is 1.44 bits per heavy atom. The van der Waals surface area contributed by atoms with Gasteiger partial charge < -0.3 is 4.90 Å². The predicted octanol–water partition coefficient (Wildman–Crippen LogP) is 2.44. The molecule has 0 aromatic carbocycles. The number of aromatic nitrogens is 1. The highest BCUT2D eigenvalue weighted by Crippen LogP contribution is 2.19. The lowest BCUT2D eigenvalue weighted by Gasteiger charge is -2.26. The number of rotatable bonds is 7. The van der Waals surface area contributed by atoms with Crippen molar-refractivity contribution in [2.45, 2.75) is 46.2 Å². The van der Waals surface area contributed by atoms with Gasteiger partial charge in [-0.25, -0.2) is 4.98 Å². The van der Waals surface area contributed by atoms with E-state index >= 15 is 0 Å². The molecule has 2 unspecified atom stereocenters. The smallest absolute Gasteiger partial charge is 0.239 e. The van der Waals surface area contributed by atoms with E-state index in [1.165, 1.54) is 0 Å². The highest BCUT2D eigenvalue weighted by Gasteiger charge is 2.22. The van der Waals surface area contributed by atoms with Crippen LogP contribution in [0.2, 0.25) is 0 Å². The predicted molar refractivity (Wildman–Crippen MR) is 75.7 cm³/mol. The molecule has 18 heavy (non-hydrogen) atoms. The minimum atomic E-state index is -0.168. The quantitative estimate of drug-likeness (QED) is 0.827. The number of nitrogens with zero attached hydrogens (tertiary/aromatic N) is 2. The van der Waals surface area contributed by atoms with Crippen molar-refractivity contribution >= 4 is 17.2 Å². The molecule has 1 rings (SSSR count). The zero-order chi connectivity index (χ0) is 13.5. The Morgan fingerprint density at radius 2 is 2.11 bits per heavy atom. The summed E-state index contributed by atoms with van der Waals surface area (Å²) >= 11 is 1.63. The summed E-state index contributed by atoms with van der Waals surface area (Å²) in [6, 6.07) is -0.00161. The van der Waals surface area contributed by atoms with E-state index in [1.807, 2.05) is 31.1 Å². The number of hydrogen-bond donors (Lipinski definition) is 1. The molecule has 0 radical (unpaired) electrons. The van der Waals surface area contributed by atoms with Gasteiger partial charge in [-0.05, 0) is 27.2 Å². The molecule has 5 heteroatoms. The van der Waals surface area contributed by atoms with Gasteiger partial charge in [-0.3, -0.25) is 10.1 Å². The number of carbonyl (C=O) groups excluding carboxylic acids is 1. The Labute approximate surface area is 113 Å². The molecule has 1 heterocycles. The molecule has 1 aromatic heterocycles. The summed E-state index contributed by atoms with van der Waals surface area (Å²) in [5, 5.41) is 6.40. The third-order valence-electron chi connectivity index (χ3n) is 3.05. The number of nitrogens with one attached hydrogen (secondary N) is 1. The van der Waals surface area contributed by atoms with E-state index in [2.05, 4.69) is 17.2 Å². The van der Waals surface area contributed by atoms with Crippen LogP contribution in [0, 0.1) is 0 Å². The second kappa shape index (κ2) is 7.48. The number of likely N-dealkylation sites (N-methyl/N-ethyl adjacent to an activating group) is 1. The fraction of sp³-hybridized carbons (Fsp3) is 0.692. The number of carbonyl (C=O) groups is 1. The van der Waals surface area contributed by atoms with Crippen LogP contribution in [0.4, 0.5) is 0 Å². The molecule has 0 saturated carbocycles. The average Bonchev–Trinajstić information content (AvgIpc) is 2.90. The third-order valence-corrected chi connectivity index (χ3v) is 3.94. The van der Waals surface area contributed by atoms with Gasteiger partial charge in [0.05, 0.1) is 12.1 Å². The van der Waals surface area contributed by atoms with Gasteiger partial charge in [0, 0.05) is 24.7 Å². The summed E-state index contributed by atoms with van der Waals surface area (Å²) in [6.07, 6.45) is 2.74. The van der Waals surface area contributed by atoms with Crippen LogP contribution in [0.3, 0.4) is 0 Å². The van der Waals surface area contributed by atoms with Crippen molar-refractivity contribution in [3.63, 3.8) is 0 Å². The van der Waals surface area contributed by atoms with Gasteiger partial charge in [-0.15, -0.1) is 11.3 Å². The van der Waals surface area contributed by atoms with Gasteiger partial charge in [-0.2, -0.15) is 0 Å². The first-order valence-corrected chi connectivity index (χ1v) is 7.46. The third kappa shape index (κ3) is 3.78. The molecule has 1 amide bonds. The Balaban J connectivity index is 2.62. The Hall–Kier alpha value is -0.940. The molecule has 1 aromatic rings. The minimum absolute atomic E-state index is 0.162. The first-order valence-electron chi connectivity index (χ1n) is 6.58. The fourth-order valence-corrected chi connectivity index (χ4v) is 2.73. The normalized spacial score (nSPS) is 14.2. The van der Waals surface area contributed by atoms with Crippen LogP contribution in [0.1, 0.15) is 45.2 Å². The maximum Gasteiger partial charge on any atom is 0.239 e. The van der Waals surface area contributed by atoms with Crippen LogP contribution >= 0.6 is 11.3 Å². The van der Waals surface area contributed by atoms with Gasteiger partial charge >= 0.3 is 0 Å². The maximum atomic E-state index is 12.2.